The minimum atomic E-state index is -0.664. The molecule has 0 spiro atoms. The predicted octanol–water partition coefficient (Wildman–Crippen LogP) is 13.5. The molecule has 0 radical (unpaired) electrons. The molecule has 0 heterocycles. The van der Waals surface area contributed by atoms with Crippen molar-refractivity contribution in [2.75, 3.05) is 6.61 Å². The van der Waals surface area contributed by atoms with Crippen LogP contribution in [0, 0.1) is 0 Å². The Morgan fingerprint density at radius 1 is 0.432 bits per heavy atom. The van der Waals surface area contributed by atoms with Gasteiger partial charge in [-0.05, 0) is 70.6 Å². The minimum absolute atomic E-state index is 0.0129. The van der Waals surface area contributed by atoms with Crippen LogP contribution in [0.3, 0.4) is 0 Å². The summed E-state index contributed by atoms with van der Waals surface area (Å²) in [5.74, 6) is -0.677. The smallest absolute Gasteiger partial charge is 0.305 e. The van der Waals surface area contributed by atoms with Gasteiger partial charge in [-0.15, -0.1) is 0 Å². The Balaban J connectivity index is 0. The van der Waals surface area contributed by atoms with Crippen molar-refractivity contribution in [1.29, 1.82) is 0 Å². The maximum Gasteiger partial charge on any atom is 0.305 e. The lowest BCUT2D eigenvalue weighted by Crippen LogP contribution is -2.05. The number of ether oxygens (including phenoxy) is 1. The van der Waals surface area contributed by atoms with E-state index in [0.29, 0.717) is 19.4 Å². The molecule has 0 aromatic carbocycles. The minimum Gasteiger partial charge on any atom is -0.481 e. The van der Waals surface area contributed by atoms with Gasteiger partial charge in [0.2, 0.25) is 0 Å². The highest BCUT2D eigenvalue weighted by Gasteiger charge is 2.01. The van der Waals surface area contributed by atoms with Crippen molar-refractivity contribution in [3.63, 3.8) is 0 Å². The first-order valence-corrected chi connectivity index (χ1v) is 19.3. The van der Waals surface area contributed by atoms with Crippen LogP contribution in [0.5, 0.6) is 0 Å². The number of carbonyl (C=O) groups is 2. The molecular formula is C40H76O4. The molecule has 0 amide bonds. The third-order valence-corrected chi connectivity index (χ3v) is 8.06. The van der Waals surface area contributed by atoms with E-state index in [2.05, 4.69) is 45.1 Å². The van der Waals surface area contributed by atoms with Gasteiger partial charge >= 0.3 is 11.9 Å². The van der Waals surface area contributed by atoms with Crippen LogP contribution in [0.2, 0.25) is 0 Å². The number of esters is 1. The van der Waals surface area contributed by atoms with Crippen LogP contribution in [0.15, 0.2) is 24.3 Å². The van der Waals surface area contributed by atoms with Crippen molar-refractivity contribution in [3.8, 4) is 0 Å². The van der Waals surface area contributed by atoms with E-state index in [-0.39, 0.29) is 5.97 Å². The molecule has 0 aromatic heterocycles. The Morgan fingerprint density at radius 2 is 0.750 bits per heavy atom. The number of carbonyl (C=O) groups excluding carboxylic acids is 1. The number of hydrogen-bond donors (Lipinski definition) is 1. The molecule has 1 N–H and O–H groups in total. The maximum atomic E-state index is 11.4. The summed E-state index contributed by atoms with van der Waals surface area (Å²) in [5, 5.41) is 8.51. The molecule has 260 valence electrons. The van der Waals surface area contributed by atoms with E-state index in [4.69, 9.17) is 9.84 Å². The summed E-state index contributed by atoms with van der Waals surface area (Å²) in [4.78, 5) is 21.7. The van der Waals surface area contributed by atoms with Crippen molar-refractivity contribution < 1.29 is 19.4 Å². The van der Waals surface area contributed by atoms with E-state index in [9.17, 15) is 9.59 Å². The Hall–Kier alpha value is -1.58. The van der Waals surface area contributed by atoms with Crippen LogP contribution in [0.25, 0.3) is 0 Å². The molecular weight excluding hydrogens is 544 g/mol. The number of carboxylic acid groups (broad SMARTS) is 1. The summed E-state index contributed by atoms with van der Waals surface area (Å²) in [7, 11) is 0. The molecule has 4 heteroatoms. The Morgan fingerprint density at radius 3 is 1.11 bits per heavy atom. The lowest BCUT2D eigenvalue weighted by atomic mass is 10.1. The van der Waals surface area contributed by atoms with E-state index in [1.54, 1.807) is 0 Å². The molecule has 0 atom stereocenters. The molecule has 0 saturated carbocycles. The zero-order valence-electron chi connectivity index (χ0n) is 29.9. The standard InChI is InChI=1S/C22H42O2.C18H34O2/c1-3-5-7-8-9-10-11-12-13-14-15-16-17-18-19-20-22(23)24-21-6-4-2;1-2-3-4-5-6-7-8-9-10-11-12-13-14-15-16-17-18(19)20/h12-13H,3-11,14-21H2,1-2H3;9-10H,2-8,11-17H2,1H3,(H,19,20)/b13-12-;10-9+. The Bertz CT molecular complexity index is 625. The summed E-state index contributed by atoms with van der Waals surface area (Å²) in [6, 6.07) is 0. The molecule has 0 aliphatic rings. The van der Waals surface area contributed by atoms with Gasteiger partial charge in [-0.2, -0.15) is 0 Å². The van der Waals surface area contributed by atoms with Crippen LogP contribution in [-0.4, -0.2) is 23.7 Å². The highest BCUT2D eigenvalue weighted by molar-refractivity contribution is 5.69. The number of carboxylic acids is 1. The van der Waals surface area contributed by atoms with E-state index in [1.807, 2.05) is 0 Å². The third kappa shape index (κ3) is 44.9. The summed E-state index contributed by atoms with van der Waals surface area (Å²) in [6.45, 7) is 7.23. The Labute approximate surface area is 275 Å². The predicted molar refractivity (Wildman–Crippen MR) is 192 cm³/mol. The molecule has 0 aromatic rings. The van der Waals surface area contributed by atoms with Crippen molar-refractivity contribution in [3.05, 3.63) is 24.3 Å². The number of unbranched alkanes of at least 4 members (excludes halogenated alkanes) is 23. The fourth-order valence-corrected chi connectivity index (χ4v) is 5.09. The van der Waals surface area contributed by atoms with Gasteiger partial charge in [-0.3, -0.25) is 9.59 Å². The summed E-state index contributed by atoms with van der Waals surface area (Å²) < 4.78 is 5.15. The highest BCUT2D eigenvalue weighted by Crippen LogP contribution is 2.11. The second kappa shape index (κ2) is 41.4. The normalized spacial score (nSPS) is 11.2. The van der Waals surface area contributed by atoms with Gasteiger partial charge in [0.05, 0.1) is 6.61 Å². The summed E-state index contributed by atoms with van der Waals surface area (Å²) in [6.07, 6.45) is 45.4. The van der Waals surface area contributed by atoms with Gasteiger partial charge in [0.25, 0.3) is 0 Å². The molecule has 0 rings (SSSR count). The van der Waals surface area contributed by atoms with Gasteiger partial charge in [0.15, 0.2) is 0 Å². The van der Waals surface area contributed by atoms with Crippen molar-refractivity contribution >= 4 is 11.9 Å². The fraction of sp³-hybridized carbons (Fsp3) is 0.850. The quantitative estimate of drug-likeness (QED) is 0.0450. The van der Waals surface area contributed by atoms with Crippen LogP contribution in [0.1, 0.15) is 213 Å². The van der Waals surface area contributed by atoms with E-state index < -0.39 is 5.97 Å². The van der Waals surface area contributed by atoms with Gasteiger partial charge in [0.1, 0.15) is 0 Å². The van der Waals surface area contributed by atoms with Crippen molar-refractivity contribution in [1.82, 2.24) is 0 Å². The number of rotatable bonds is 33. The SMILES string of the molecule is CCCCCCCC/C=C/CCCCCCCC(=O)O.CCCCCCCC/C=C\CCCCCCCC(=O)OCCCC. The molecule has 4 nitrogen and oxygen atoms in total. The lowest BCUT2D eigenvalue weighted by Gasteiger charge is -2.03. The second-order valence-corrected chi connectivity index (χ2v) is 12.6. The molecule has 44 heavy (non-hydrogen) atoms. The average Bonchev–Trinajstić information content (AvgIpc) is 3.01. The largest absolute Gasteiger partial charge is 0.481 e. The lowest BCUT2D eigenvalue weighted by molar-refractivity contribution is -0.144. The van der Waals surface area contributed by atoms with Gasteiger partial charge in [0, 0.05) is 12.8 Å². The number of allylic oxidation sites excluding steroid dienone is 4. The van der Waals surface area contributed by atoms with E-state index in [0.717, 1.165) is 38.5 Å². The second-order valence-electron chi connectivity index (χ2n) is 12.6. The molecule has 0 saturated heterocycles. The molecule has 0 aliphatic heterocycles. The van der Waals surface area contributed by atoms with Crippen LogP contribution >= 0.6 is 0 Å². The van der Waals surface area contributed by atoms with Crippen LogP contribution in [-0.2, 0) is 14.3 Å². The summed E-state index contributed by atoms with van der Waals surface area (Å²) in [5.41, 5.74) is 0. The number of hydrogen-bond acceptors (Lipinski definition) is 3. The topological polar surface area (TPSA) is 63.6 Å². The number of aliphatic carboxylic acids is 1. The van der Waals surface area contributed by atoms with Gasteiger partial charge in [-0.25, -0.2) is 0 Å². The van der Waals surface area contributed by atoms with Gasteiger partial charge in [-0.1, -0.05) is 154 Å². The van der Waals surface area contributed by atoms with E-state index >= 15 is 0 Å². The molecule has 0 bridgehead atoms. The zero-order chi connectivity index (χ0) is 32.6. The molecule has 0 unspecified atom stereocenters. The first kappa shape index (κ1) is 44.5. The highest BCUT2D eigenvalue weighted by atomic mass is 16.5. The summed E-state index contributed by atoms with van der Waals surface area (Å²) >= 11 is 0. The monoisotopic (exact) mass is 621 g/mol. The van der Waals surface area contributed by atoms with Crippen molar-refractivity contribution in [2.24, 2.45) is 0 Å². The zero-order valence-corrected chi connectivity index (χ0v) is 29.9. The van der Waals surface area contributed by atoms with Gasteiger partial charge < -0.3 is 9.84 Å². The van der Waals surface area contributed by atoms with Crippen molar-refractivity contribution in [2.45, 2.75) is 213 Å². The molecule has 0 fully saturated rings. The first-order chi connectivity index (χ1) is 21.6. The average molecular weight is 621 g/mol. The van der Waals surface area contributed by atoms with E-state index in [1.165, 1.54) is 141 Å². The Kier molecular flexibility index (Phi) is 41.9. The fourth-order valence-electron chi connectivity index (χ4n) is 5.09. The first-order valence-electron chi connectivity index (χ1n) is 19.3. The molecule has 0 aliphatic carbocycles. The third-order valence-electron chi connectivity index (χ3n) is 8.06. The van der Waals surface area contributed by atoms with Crippen LogP contribution < -0.4 is 0 Å². The van der Waals surface area contributed by atoms with Crippen LogP contribution in [0.4, 0.5) is 0 Å². The maximum absolute atomic E-state index is 11.4.